The monoisotopic (exact) mass is 398 g/mol. The predicted octanol–water partition coefficient (Wildman–Crippen LogP) is 4.10. The summed E-state index contributed by atoms with van der Waals surface area (Å²) >= 11 is 0. The van der Waals surface area contributed by atoms with Gasteiger partial charge in [0.2, 0.25) is 0 Å². The van der Waals surface area contributed by atoms with E-state index in [1.807, 2.05) is 13.8 Å². The highest BCUT2D eigenvalue weighted by molar-refractivity contribution is 5.79. The largest absolute Gasteiger partial charge is 0.416 e. The van der Waals surface area contributed by atoms with Crippen LogP contribution in [0.5, 0.6) is 0 Å². The fourth-order valence-corrected chi connectivity index (χ4v) is 3.51. The lowest BCUT2D eigenvalue weighted by molar-refractivity contribution is -0.137. The first-order valence-electron chi connectivity index (χ1n) is 10.2. The van der Waals surface area contributed by atoms with Crippen LogP contribution in [-0.4, -0.2) is 50.1 Å². The van der Waals surface area contributed by atoms with Crippen LogP contribution in [0.25, 0.3) is 0 Å². The van der Waals surface area contributed by atoms with Crippen molar-refractivity contribution < 1.29 is 13.2 Å². The molecule has 0 saturated carbocycles. The van der Waals surface area contributed by atoms with E-state index in [4.69, 9.17) is 4.99 Å². The first kappa shape index (κ1) is 22.5. The molecular formula is C21H33F3N4. The fourth-order valence-electron chi connectivity index (χ4n) is 3.51. The van der Waals surface area contributed by atoms with Gasteiger partial charge in [-0.15, -0.1) is 0 Å². The lowest BCUT2D eigenvalue weighted by Gasteiger charge is -2.17. The number of aliphatic imine (C=N–C) groups is 1. The van der Waals surface area contributed by atoms with Crippen LogP contribution in [0.2, 0.25) is 0 Å². The standard InChI is InChI=1S/C21H33F3N4/c1-4-25-20(27-14-17-10-12-28(5-2)15-17)26-11-9-16(3)18-7-6-8-19(13-18)21(22,23)24/h6-8,13,16-17H,4-5,9-12,14-15H2,1-3H3,(H2,25,26,27). The maximum Gasteiger partial charge on any atom is 0.416 e. The zero-order valence-electron chi connectivity index (χ0n) is 17.1. The van der Waals surface area contributed by atoms with Crippen LogP contribution >= 0.6 is 0 Å². The van der Waals surface area contributed by atoms with E-state index in [-0.39, 0.29) is 5.92 Å². The number of likely N-dealkylation sites (tertiary alicyclic amines) is 1. The van der Waals surface area contributed by atoms with Crippen molar-refractivity contribution in [2.75, 3.05) is 39.3 Å². The van der Waals surface area contributed by atoms with Crippen molar-refractivity contribution in [3.8, 4) is 0 Å². The molecule has 0 amide bonds. The summed E-state index contributed by atoms with van der Waals surface area (Å²) in [6, 6.07) is 5.62. The van der Waals surface area contributed by atoms with Gasteiger partial charge in [0.15, 0.2) is 5.96 Å². The SMILES string of the molecule is CCNC(=NCC1CCN(CC)C1)NCCC(C)c1cccc(C(F)(F)F)c1. The number of benzene rings is 1. The number of halogens is 3. The number of hydrogen-bond acceptors (Lipinski definition) is 2. The summed E-state index contributed by atoms with van der Waals surface area (Å²) in [5.41, 5.74) is 0.126. The van der Waals surface area contributed by atoms with Gasteiger partial charge in [-0.25, -0.2) is 0 Å². The van der Waals surface area contributed by atoms with Crippen molar-refractivity contribution >= 4 is 5.96 Å². The molecule has 28 heavy (non-hydrogen) atoms. The minimum absolute atomic E-state index is 0.0330. The Morgan fingerprint density at radius 2 is 2.07 bits per heavy atom. The van der Waals surface area contributed by atoms with E-state index < -0.39 is 11.7 Å². The molecule has 0 radical (unpaired) electrons. The Morgan fingerprint density at radius 1 is 1.29 bits per heavy atom. The van der Waals surface area contributed by atoms with Crippen molar-refractivity contribution in [2.24, 2.45) is 10.9 Å². The zero-order valence-corrected chi connectivity index (χ0v) is 17.1. The summed E-state index contributed by atoms with van der Waals surface area (Å²) in [6.45, 7) is 11.7. The zero-order chi connectivity index (χ0) is 20.6. The third kappa shape index (κ3) is 7.00. The molecule has 1 heterocycles. The summed E-state index contributed by atoms with van der Waals surface area (Å²) in [5, 5.41) is 6.57. The summed E-state index contributed by atoms with van der Waals surface area (Å²) < 4.78 is 38.7. The summed E-state index contributed by atoms with van der Waals surface area (Å²) in [6.07, 6.45) is -2.38. The Kier molecular flexibility index (Phi) is 8.60. The van der Waals surface area contributed by atoms with Crippen LogP contribution in [0.4, 0.5) is 13.2 Å². The highest BCUT2D eigenvalue weighted by Crippen LogP contribution is 2.31. The molecule has 4 nitrogen and oxygen atoms in total. The summed E-state index contributed by atoms with van der Waals surface area (Å²) in [5.74, 6) is 1.42. The Labute approximate surface area is 166 Å². The van der Waals surface area contributed by atoms with E-state index in [2.05, 4.69) is 22.5 Å². The summed E-state index contributed by atoms with van der Waals surface area (Å²) in [7, 11) is 0. The molecule has 1 aromatic carbocycles. The van der Waals surface area contributed by atoms with Crippen molar-refractivity contribution in [3.05, 3.63) is 35.4 Å². The van der Waals surface area contributed by atoms with Gasteiger partial charge in [-0.2, -0.15) is 13.2 Å². The summed E-state index contributed by atoms with van der Waals surface area (Å²) in [4.78, 5) is 7.14. The number of alkyl halides is 3. The minimum Gasteiger partial charge on any atom is -0.357 e. The van der Waals surface area contributed by atoms with E-state index in [0.29, 0.717) is 18.0 Å². The van der Waals surface area contributed by atoms with Crippen LogP contribution < -0.4 is 10.6 Å². The quantitative estimate of drug-likeness (QED) is 0.512. The fraction of sp³-hybridized carbons (Fsp3) is 0.667. The number of nitrogens with one attached hydrogen (secondary N) is 2. The molecule has 2 rings (SSSR count). The first-order valence-corrected chi connectivity index (χ1v) is 10.2. The number of hydrogen-bond donors (Lipinski definition) is 2. The molecule has 0 bridgehead atoms. The molecule has 1 aromatic rings. The Hall–Kier alpha value is -1.76. The van der Waals surface area contributed by atoms with Gasteiger partial charge in [-0.05, 0) is 56.3 Å². The van der Waals surface area contributed by atoms with Crippen molar-refractivity contribution in [2.45, 2.75) is 45.7 Å². The van der Waals surface area contributed by atoms with E-state index in [9.17, 15) is 13.2 Å². The van der Waals surface area contributed by atoms with E-state index >= 15 is 0 Å². The topological polar surface area (TPSA) is 39.7 Å². The van der Waals surface area contributed by atoms with Gasteiger partial charge < -0.3 is 15.5 Å². The molecule has 2 unspecified atom stereocenters. The Bertz CT molecular complexity index is 630. The maximum absolute atomic E-state index is 12.9. The van der Waals surface area contributed by atoms with Gasteiger partial charge in [0.1, 0.15) is 0 Å². The Morgan fingerprint density at radius 3 is 2.71 bits per heavy atom. The van der Waals surface area contributed by atoms with E-state index in [1.165, 1.54) is 18.6 Å². The molecule has 1 saturated heterocycles. The van der Waals surface area contributed by atoms with Gasteiger partial charge in [-0.1, -0.05) is 32.0 Å². The van der Waals surface area contributed by atoms with Gasteiger partial charge in [0.05, 0.1) is 5.56 Å². The maximum atomic E-state index is 12.9. The van der Waals surface area contributed by atoms with Crippen LogP contribution in [0.1, 0.15) is 50.7 Å². The average molecular weight is 399 g/mol. The molecule has 1 fully saturated rings. The molecular weight excluding hydrogens is 365 g/mol. The lowest BCUT2D eigenvalue weighted by Crippen LogP contribution is -2.38. The molecule has 7 heteroatoms. The average Bonchev–Trinajstić information content (AvgIpc) is 3.13. The number of nitrogens with zero attached hydrogens (tertiary/aromatic N) is 2. The van der Waals surface area contributed by atoms with Crippen molar-refractivity contribution in [3.63, 3.8) is 0 Å². The van der Waals surface area contributed by atoms with Crippen LogP contribution in [0, 0.1) is 5.92 Å². The minimum atomic E-state index is -4.30. The molecule has 2 atom stereocenters. The lowest BCUT2D eigenvalue weighted by atomic mass is 9.96. The molecule has 1 aliphatic heterocycles. The molecule has 0 aromatic heterocycles. The predicted molar refractivity (Wildman–Crippen MR) is 109 cm³/mol. The normalized spacial score (nSPS) is 19.6. The number of guanidine groups is 1. The van der Waals surface area contributed by atoms with Crippen molar-refractivity contribution in [1.82, 2.24) is 15.5 Å². The smallest absolute Gasteiger partial charge is 0.357 e. The second-order valence-electron chi connectivity index (χ2n) is 7.51. The molecule has 0 aliphatic carbocycles. The highest BCUT2D eigenvalue weighted by Gasteiger charge is 2.30. The first-order chi connectivity index (χ1) is 13.3. The van der Waals surface area contributed by atoms with Crippen molar-refractivity contribution in [1.29, 1.82) is 0 Å². The number of rotatable bonds is 8. The van der Waals surface area contributed by atoms with Crippen LogP contribution in [0.15, 0.2) is 29.3 Å². The van der Waals surface area contributed by atoms with Gasteiger partial charge >= 0.3 is 6.18 Å². The second kappa shape index (κ2) is 10.7. The van der Waals surface area contributed by atoms with E-state index in [1.54, 1.807) is 6.07 Å². The van der Waals surface area contributed by atoms with Gasteiger partial charge in [0, 0.05) is 26.2 Å². The van der Waals surface area contributed by atoms with Crippen LogP contribution in [0.3, 0.4) is 0 Å². The third-order valence-corrected chi connectivity index (χ3v) is 5.32. The molecule has 158 valence electrons. The Balaban J connectivity index is 1.84. The van der Waals surface area contributed by atoms with Gasteiger partial charge in [0.25, 0.3) is 0 Å². The third-order valence-electron chi connectivity index (χ3n) is 5.32. The molecule has 0 spiro atoms. The van der Waals surface area contributed by atoms with Gasteiger partial charge in [-0.3, -0.25) is 4.99 Å². The van der Waals surface area contributed by atoms with Crippen LogP contribution in [-0.2, 0) is 6.18 Å². The highest BCUT2D eigenvalue weighted by atomic mass is 19.4. The van der Waals surface area contributed by atoms with E-state index in [0.717, 1.165) is 51.2 Å². The molecule has 1 aliphatic rings. The second-order valence-corrected chi connectivity index (χ2v) is 7.51. The molecule has 2 N–H and O–H groups in total.